The number of hydrogen-bond donors (Lipinski definition) is 1. The molecule has 1 N–H and O–H groups in total. The second-order valence-corrected chi connectivity index (χ2v) is 7.56. The molecule has 0 bridgehead atoms. The van der Waals surface area contributed by atoms with Gasteiger partial charge in [-0.05, 0) is 26.3 Å². The maximum atomic E-state index is 13.9. The number of likely N-dealkylation sites (tertiary alicyclic amines) is 1. The highest BCUT2D eigenvalue weighted by molar-refractivity contribution is 5.69. The fourth-order valence-electron chi connectivity index (χ4n) is 3.11. The van der Waals surface area contributed by atoms with E-state index < -0.39 is 41.0 Å². The van der Waals surface area contributed by atoms with Gasteiger partial charge in [0.25, 0.3) is 0 Å². The van der Waals surface area contributed by atoms with E-state index in [-0.39, 0.29) is 19.4 Å². The number of aliphatic hydroxyl groups is 1. The minimum absolute atomic E-state index is 0.00884. The predicted octanol–water partition coefficient (Wildman–Crippen LogP) is 3.10. The van der Waals surface area contributed by atoms with Crippen molar-refractivity contribution in [3.05, 3.63) is 46.0 Å². The zero-order chi connectivity index (χ0) is 19.5. The van der Waals surface area contributed by atoms with Crippen molar-refractivity contribution in [3.63, 3.8) is 0 Å². The summed E-state index contributed by atoms with van der Waals surface area (Å²) in [7, 11) is 0. The number of carbonyl (C=O) groups excluding carboxylic acids is 1. The minimum atomic E-state index is -1.35. The number of amides is 1. The van der Waals surface area contributed by atoms with Crippen LogP contribution >= 0.6 is 0 Å². The molecule has 0 spiro atoms. The number of alkyl halides is 1. The molecule has 0 radical (unpaired) electrons. The lowest BCUT2D eigenvalue weighted by Gasteiger charge is -2.29. The van der Waals surface area contributed by atoms with Crippen molar-refractivity contribution in [3.8, 4) is 0 Å². The van der Waals surface area contributed by atoms with Gasteiger partial charge in [0.2, 0.25) is 6.04 Å². The molecular formula is C18H25FN2O5. The molecule has 1 aliphatic heterocycles. The Morgan fingerprint density at radius 2 is 2.04 bits per heavy atom. The number of carbonyl (C=O) groups is 1. The highest BCUT2D eigenvalue weighted by Gasteiger charge is 2.43. The van der Waals surface area contributed by atoms with Crippen LogP contribution in [0.2, 0.25) is 0 Å². The first kappa shape index (κ1) is 20.1. The Hall–Kier alpha value is -2.22. The summed E-state index contributed by atoms with van der Waals surface area (Å²) in [6.45, 7) is 4.93. The normalized spacial score (nSPS) is 22.7. The smallest absolute Gasteiger partial charge is 0.410 e. The second kappa shape index (κ2) is 7.99. The van der Waals surface area contributed by atoms with Gasteiger partial charge in [-0.15, -0.1) is 0 Å². The minimum Gasteiger partial charge on any atom is -0.444 e. The SMILES string of the molecule is CC(C)(C)OC(=O)N1CC(F)CC1CC(C(O)c1ccccc1)[N+](=O)[O-]. The van der Waals surface area contributed by atoms with Crippen LogP contribution in [0.15, 0.2) is 30.3 Å². The topological polar surface area (TPSA) is 92.9 Å². The van der Waals surface area contributed by atoms with Gasteiger partial charge in [0.1, 0.15) is 17.9 Å². The first-order valence-corrected chi connectivity index (χ1v) is 8.58. The molecule has 1 fully saturated rings. The van der Waals surface area contributed by atoms with Gasteiger partial charge >= 0.3 is 6.09 Å². The van der Waals surface area contributed by atoms with E-state index >= 15 is 0 Å². The zero-order valence-corrected chi connectivity index (χ0v) is 15.2. The zero-order valence-electron chi connectivity index (χ0n) is 15.2. The van der Waals surface area contributed by atoms with Crippen molar-refractivity contribution >= 4 is 6.09 Å². The molecule has 0 aliphatic carbocycles. The Balaban J connectivity index is 2.15. The van der Waals surface area contributed by atoms with Crippen molar-refractivity contribution in [2.75, 3.05) is 6.54 Å². The lowest BCUT2D eigenvalue weighted by atomic mass is 9.96. The largest absolute Gasteiger partial charge is 0.444 e. The number of halogens is 1. The van der Waals surface area contributed by atoms with Crippen LogP contribution in [0.5, 0.6) is 0 Å². The summed E-state index contributed by atoms with van der Waals surface area (Å²) in [4.78, 5) is 24.4. The van der Waals surface area contributed by atoms with Crippen molar-refractivity contribution in [2.24, 2.45) is 0 Å². The highest BCUT2D eigenvalue weighted by Crippen LogP contribution is 2.30. The average Bonchev–Trinajstić information content (AvgIpc) is 2.92. The van der Waals surface area contributed by atoms with Crippen LogP contribution in [0.4, 0.5) is 9.18 Å². The number of ether oxygens (including phenoxy) is 1. The van der Waals surface area contributed by atoms with Gasteiger partial charge in [-0.3, -0.25) is 10.1 Å². The van der Waals surface area contributed by atoms with Crippen LogP contribution in [-0.2, 0) is 4.74 Å². The third kappa shape index (κ3) is 5.14. The van der Waals surface area contributed by atoms with Crippen molar-refractivity contribution < 1.29 is 24.0 Å². The molecule has 1 aromatic carbocycles. The van der Waals surface area contributed by atoms with Crippen LogP contribution in [-0.4, -0.2) is 51.4 Å². The Kier molecular flexibility index (Phi) is 6.17. The summed E-state index contributed by atoms with van der Waals surface area (Å²) < 4.78 is 19.2. The number of hydrogen-bond acceptors (Lipinski definition) is 5. The molecule has 1 saturated heterocycles. The van der Waals surface area contributed by atoms with Gasteiger partial charge < -0.3 is 14.7 Å². The molecule has 8 heteroatoms. The maximum absolute atomic E-state index is 13.9. The third-order valence-electron chi connectivity index (χ3n) is 4.28. The van der Waals surface area contributed by atoms with Crippen LogP contribution in [0.25, 0.3) is 0 Å². The van der Waals surface area contributed by atoms with Crippen molar-refractivity contribution in [2.45, 2.75) is 63.6 Å². The van der Waals surface area contributed by atoms with Crippen molar-refractivity contribution in [1.29, 1.82) is 0 Å². The van der Waals surface area contributed by atoms with E-state index in [1.54, 1.807) is 51.1 Å². The van der Waals surface area contributed by atoms with E-state index in [1.807, 2.05) is 0 Å². The Labute approximate surface area is 151 Å². The molecule has 26 heavy (non-hydrogen) atoms. The first-order valence-electron chi connectivity index (χ1n) is 8.58. The van der Waals surface area contributed by atoms with Crippen LogP contribution in [0, 0.1) is 10.1 Å². The second-order valence-electron chi connectivity index (χ2n) is 7.56. The van der Waals surface area contributed by atoms with Gasteiger partial charge in [0.15, 0.2) is 0 Å². The van der Waals surface area contributed by atoms with Gasteiger partial charge in [0, 0.05) is 23.8 Å². The molecule has 0 aromatic heterocycles. The van der Waals surface area contributed by atoms with E-state index in [2.05, 4.69) is 0 Å². The lowest BCUT2D eigenvalue weighted by molar-refractivity contribution is -0.537. The summed E-state index contributed by atoms with van der Waals surface area (Å²) in [5.41, 5.74) is -0.338. The highest BCUT2D eigenvalue weighted by atomic mass is 19.1. The third-order valence-corrected chi connectivity index (χ3v) is 4.28. The molecule has 4 atom stereocenters. The summed E-state index contributed by atoms with van der Waals surface area (Å²) in [6, 6.07) is 6.24. The Morgan fingerprint density at radius 1 is 1.42 bits per heavy atom. The number of aliphatic hydroxyl groups excluding tert-OH is 1. The van der Waals surface area contributed by atoms with E-state index in [4.69, 9.17) is 4.74 Å². The number of rotatable bonds is 5. The summed E-state index contributed by atoms with van der Waals surface area (Å²) in [5.74, 6) is 0. The number of nitro groups is 1. The summed E-state index contributed by atoms with van der Waals surface area (Å²) >= 11 is 0. The molecule has 4 unspecified atom stereocenters. The van der Waals surface area contributed by atoms with Crippen LogP contribution in [0.1, 0.15) is 45.3 Å². The molecule has 1 aliphatic rings. The summed E-state index contributed by atoms with van der Waals surface area (Å²) in [6.07, 6.45) is -3.47. The summed E-state index contributed by atoms with van der Waals surface area (Å²) in [5, 5.41) is 21.9. The first-order chi connectivity index (χ1) is 12.1. The van der Waals surface area contributed by atoms with Gasteiger partial charge in [-0.1, -0.05) is 30.3 Å². The standard InChI is InChI=1S/C18H25FN2O5/c1-18(2,3)26-17(23)20-11-13(19)9-14(20)10-15(21(24)25)16(22)12-7-5-4-6-8-12/h4-8,13-16,22H,9-11H2,1-3H3. The van der Waals surface area contributed by atoms with Crippen LogP contribution < -0.4 is 0 Å². The molecule has 1 amide bonds. The molecule has 2 rings (SSSR count). The van der Waals surface area contributed by atoms with Crippen LogP contribution in [0.3, 0.4) is 0 Å². The van der Waals surface area contributed by atoms with Gasteiger partial charge in [-0.25, -0.2) is 9.18 Å². The number of benzene rings is 1. The van der Waals surface area contributed by atoms with E-state index in [9.17, 15) is 24.4 Å². The molecule has 0 saturated carbocycles. The molecule has 1 aromatic rings. The monoisotopic (exact) mass is 368 g/mol. The quantitative estimate of drug-likeness (QED) is 0.637. The van der Waals surface area contributed by atoms with Crippen molar-refractivity contribution in [1.82, 2.24) is 4.90 Å². The maximum Gasteiger partial charge on any atom is 0.410 e. The molecule has 7 nitrogen and oxygen atoms in total. The van der Waals surface area contributed by atoms with E-state index in [0.29, 0.717) is 5.56 Å². The lowest BCUT2D eigenvalue weighted by Crippen LogP contribution is -2.43. The van der Waals surface area contributed by atoms with Gasteiger partial charge in [-0.2, -0.15) is 0 Å². The number of nitrogens with zero attached hydrogens (tertiary/aromatic N) is 2. The predicted molar refractivity (Wildman–Crippen MR) is 93.0 cm³/mol. The average molecular weight is 368 g/mol. The van der Waals surface area contributed by atoms with E-state index in [0.717, 1.165) is 0 Å². The Morgan fingerprint density at radius 3 is 2.58 bits per heavy atom. The molecular weight excluding hydrogens is 343 g/mol. The Bertz CT molecular complexity index is 634. The van der Waals surface area contributed by atoms with Gasteiger partial charge in [0.05, 0.1) is 6.54 Å². The molecule has 144 valence electrons. The fraction of sp³-hybridized carbons (Fsp3) is 0.611. The fourth-order valence-corrected chi connectivity index (χ4v) is 3.11. The molecule has 1 heterocycles. The van der Waals surface area contributed by atoms with E-state index in [1.165, 1.54) is 4.90 Å².